The third-order valence-electron chi connectivity index (χ3n) is 10.7. The summed E-state index contributed by atoms with van der Waals surface area (Å²) in [5, 5.41) is 29.3. The molecule has 0 heterocycles. The number of nitrogens with two attached hydrogens (primary N) is 1. The van der Waals surface area contributed by atoms with E-state index in [2.05, 4.69) is 21.3 Å². The van der Waals surface area contributed by atoms with Crippen molar-refractivity contribution < 1.29 is 70.9 Å². The van der Waals surface area contributed by atoms with Crippen LogP contribution in [0.15, 0.2) is 18.2 Å². The molecular formula is C40H47F4N5O11. The number of benzene rings is 2. The summed E-state index contributed by atoms with van der Waals surface area (Å²) in [5.41, 5.74) is 3.00. The van der Waals surface area contributed by atoms with E-state index in [1.54, 1.807) is 26.0 Å². The first-order chi connectivity index (χ1) is 28.3. The number of hydrogen-bond acceptors (Lipinski definition) is 10. The first-order valence-electron chi connectivity index (χ1n) is 19.3. The van der Waals surface area contributed by atoms with Gasteiger partial charge in [-0.2, -0.15) is 0 Å². The van der Waals surface area contributed by atoms with Crippen molar-refractivity contribution in [1.82, 2.24) is 21.3 Å². The number of carboxylic acids is 1. The van der Waals surface area contributed by atoms with Crippen LogP contribution in [0.25, 0.3) is 0 Å². The Morgan fingerprint density at radius 2 is 1.47 bits per heavy atom. The van der Waals surface area contributed by atoms with Crippen molar-refractivity contribution in [2.75, 3.05) is 13.7 Å². The van der Waals surface area contributed by atoms with Gasteiger partial charge < -0.3 is 42.0 Å². The zero-order chi connectivity index (χ0) is 44.6. The monoisotopic (exact) mass is 849 g/mol. The van der Waals surface area contributed by atoms with Crippen LogP contribution in [0.3, 0.4) is 0 Å². The van der Waals surface area contributed by atoms with Crippen LogP contribution in [-0.2, 0) is 28.8 Å². The zero-order valence-corrected chi connectivity index (χ0v) is 33.0. The van der Waals surface area contributed by atoms with Crippen molar-refractivity contribution >= 4 is 47.1 Å². The average Bonchev–Trinajstić information content (AvgIpc) is 3.61. The molecule has 5 amide bonds. The molecule has 0 saturated heterocycles. The molecule has 4 rings (SSSR count). The highest BCUT2D eigenvalue weighted by molar-refractivity contribution is 6.38. The van der Waals surface area contributed by atoms with E-state index in [1.807, 2.05) is 0 Å². The number of ether oxygens (including phenoxy) is 1. The lowest BCUT2D eigenvalue weighted by molar-refractivity contribution is -0.141. The molecule has 0 aliphatic heterocycles. The fourth-order valence-corrected chi connectivity index (χ4v) is 7.83. The van der Waals surface area contributed by atoms with Crippen LogP contribution >= 0.6 is 0 Å². The number of halogens is 4. The number of carbonyl (C=O) groups excluding carboxylic acids is 7. The number of aliphatic hydroxyl groups is 1. The van der Waals surface area contributed by atoms with Gasteiger partial charge in [-0.15, -0.1) is 0 Å². The van der Waals surface area contributed by atoms with Gasteiger partial charge in [-0.1, -0.05) is 38.7 Å². The Bertz CT molecular complexity index is 2040. The van der Waals surface area contributed by atoms with Gasteiger partial charge in [-0.05, 0) is 68.2 Å². The van der Waals surface area contributed by atoms with Gasteiger partial charge in [0.25, 0.3) is 11.8 Å². The summed E-state index contributed by atoms with van der Waals surface area (Å²) < 4.78 is 62.9. The summed E-state index contributed by atoms with van der Waals surface area (Å²) in [7, 11) is 1.40. The molecule has 2 fully saturated rings. The molecule has 2 aliphatic carbocycles. The van der Waals surface area contributed by atoms with Gasteiger partial charge >= 0.3 is 5.97 Å². The lowest BCUT2D eigenvalue weighted by Gasteiger charge is -2.33. The second-order valence-corrected chi connectivity index (χ2v) is 15.0. The molecule has 0 radical (unpaired) electrons. The number of ketones is 2. The number of aromatic carboxylic acids is 1. The Labute approximate surface area is 341 Å². The molecule has 8 N–H and O–H groups in total. The van der Waals surface area contributed by atoms with E-state index in [-0.39, 0.29) is 25.7 Å². The highest BCUT2D eigenvalue weighted by Crippen LogP contribution is 2.37. The Balaban J connectivity index is 1.50. The normalized spacial score (nSPS) is 19.3. The maximum atomic E-state index is 14.9. The molecule has 20 heteroatoms. The molecule has 2 aromatic carbocycles. The van der Waals surface area contributed by atoms with Gasteiger partial charge in [0.15, 0.2) is 29.1 Å². The topological polar surface area (TPSA) is 260 Å². The molecule has 3 unspecified atom stereocenters. The lowest BCUT2D eigenvalue weighted by atomic mass is 9.77. The van der Waals surface area contributed by atoms with Crippen LogP contribution < -0.4 is 31.7 Å². The number of nitrogens with one attached hydrogen (secondary N) is 4. The minimum atomic E-state index is -2.47. The highest BCUT2D eigenvalue weighted by atomic mass is 19.2. The van der Waals surface area contributed by atoms with Gasteiger partial charge in [0.2, 0.25) is 23.5 Å². The van der Waals surface area contributed by atoms with Gasteiger partial charge in [0, 0.05) is 5.92 Å². The van der Waals surface area contributed by atoms with Crippen LogP contribution in [0.2, 0.25) is 0 Å². The SMILES string of the molecule is CCCC(NC(=O)[C@@H]1C[C@@H](O)CC1C(=O)[C@@H](NC(=O)c1c(F)c(F)c(F)c(F)c1C(=O)O)C1CCCCC1)C(=O)C(=O)NCC(=O)NC(C(N)=O)c1cc(C)cc(OC)c1. The molecule has 2 aromatic rings. The second-order valence-electron chi connectivity index (χ2n) is 15.0. The minimum absolute atomic E-state index is 0.0833. The number of carboxylic acid groups (broad SMARTS) is 1. The largest absolute Gasteiger partial charge is 0.497 e. The molecule has 2 aliphatic rings. The van der Waals surface area contributed by atoms with Crippen molar-refractivity contribution in [1.29, 1.82) is 0 Å². The Hall–Kier alpha value is -5.92. The number of hydrogen-bond donors (Lipinski definition) is 7. The second kappa shape index (κ2) is 20.4. The molecule has 0 spiro atoms. The van der Waals surface area contributed by atoms with Gasteiger partial charge in [-0.25, -0.2) is 22.4 Å². The zero-order valence-electron chi connectivity index (χ0n) is 33.0. The number of rotatable bonds is 18. The third-order valence-corrected chi connectivity index (χ3v) is 10.7. The highest BCUT2D eigenvalue weighted by Gasteiger charge is 2.47. The number of Topliss-reactive ketones (excluding diaryl/α,β-unsaturated/α-hetero) is 2. The Morgan fingerprint density at radius 3 is 2.05 bits per heavy atom. The quantitative estimate of drug-likeness (QED) is 0.0495. The minimum Gasteiger partial charge on any atom is -0.497 e. The van der Waals surface area contributed by atoms with Crippen LogP contribution in [0.1, 0.15) is 103 Å². The summed E-state index contributed by atoms with van der Waals surface area (Å²) >= 11 is 0. The van der Waals surface area contributed by atoms with Crippen LogP contribution in [0, 0.1) is 47.9 Å². The van der Waals surface area contributed by atoms with E-state index >= 15 is 0 Å². The van der Waals surface area contributed by atoms with Crippen molar-refractivity contribution in [3.05, 3.63) is 63.7 Å². The van der Waals surface area contributed by atoms with Crippen LogP contribution in [0.5, 0.6) is 5.75 Å². The van der Waals surface area contributed by atoms with E-state index in [1.165, 1.54) is 13.2 Å². The lowest BCUT2D eigenvalue weighted by Crippen LogP contribution is -2.53. The number of aliphatic hydroxyl groups excluding tert-OH is 1. The maximum absolute atomic E-state index is 14.9. The number of methoxy groups -OCH3 is 1. The molecule has 2 saturated carbocycles. The predicted octanol–water partition coefficient (Wildman–Crippen LogP) is 2.21. The maximum Gasteiger partial charge on any atom is 0.339 e. The molecule has 326 valence electrons. The summed E-state index contributed by atoms with van der Waals surface area (Å²) in [6.07, 6.45) is 0.785. The fourth-order valence-electron chi connectivity index (χ4n) is 7.83. The van der Waals surface area contributed by atoms with Crippen molar-refractivity contribution in [3.8, 4) is 5.75 Å². The number of aryl methyl sites for hydroxylation is 1. The van der Waals surface area contributed by atoms with Crippen LogP contribution in [-0.4, -0.2) is 89.1 Å². The Kier molecular flexibility index (Phi) is 15.9. The van der Waals surface area contributed by atoms with Crippen molar-refractivity contribution in [3.63, 3.8) is 0 Å². The first-order valence-corrected chi connectivity index (χ1v) is 19.3. The summed E-state index contributed by atoms with van der Waals surface area (Å²) in [6.45, 7) is 2.58. The van der Waals surface area contributed by atoms with E-state index in [0.29, 0.717) is 42.6 Å². The number of amides is 5. The molecular weight excluding hydrogens is 802 g/mol. The predicted molar refractivity (Wildman–Crippen MR) is 201 cm³/mol. The van der Waals surface area contributed by atoms with Crippen LogP contribution in [0.4, 0.5) is 17.6 Å². The standard InChI is InChI=1S/C40H47F4N5O11/c1-4-8-24(35(53)39(57)46-16-25(51)48-33(36(45)54)19-11-17(2)12-21(13-19)60-3)47-37(55)23-15-20(50)14-22(23)34(52)32(18-9-6-5-7-10-18)49-38(56)26-27(40(58)59)29(42)31(44)30(43)28(26)41/h11-13,18,20,22-24,32-33,50H,4-10,14-16H2,1-3H3,(H2,45,54)(H,46,57)(H,47,55)(H,48,51)(H,49,56)(H,58,59)/t20-,22?,23+,24?,32-,33?/m0/s1. The summed E-state index contributed by atoms with van der Waals surface area (Å²) in [4.78, 5) is 105. The van der Waals surface area contributed by atoms with Crippen molar-refractivity contribution in [2.45, 2.75) is 95.9 Å². The van der Waals surface area contributed by atoms with E-state index < -0.39 is 130 Å². The molecule has 60 heavy (non-hydrogen) atoms. The molecule has 0 bridgehead atoms. The smallest absolute Gasteiger partial charge is 0.339 e. The first kappa shape index (κ1) is 46.8. The van der Waals surface area contributed by atoms with Gasteiger partial charge in [0.1, 0.15) is 17.4 Å². The molecule has 6 atom stereocenters. The van der Waals surface area contributed by atoms with Gasteiger partial charge in [-0.3, -0.25) is 33.6 Å². The van der Waals surface area contributed by atoms with E-state index in [9.17, 15) is 66.1 Å². The summed E-state index contributed by atoms with van der Waals surface area (Å²) in [5.74, 6) is -22.7. The number of carbonyl (C=O) groups is 8. The number of primary amides is 1. The van der Waals surface area contributed by atoms with E-state index in [0.717, 1.165) is 6.42 Å². The van der Waals surface area contributed by atoms with Crippen molar-refractivity contribution in [2.24, 2.45) is 23.5 Å². The fraction of sp³-hybridized carbons (Fsp3) is 0.500. The Morgan fingerprint density at radius 1 is 0.850 bits per heavy atom. The summed E-state index contributed by atoms with van der Waals surface area (Å²) in [6, 6.07) is 0.345. The van der Waals surface area contributed by atoms with E-state index in [4.69, 9.17) is 10.5 Å². The average molecular weight is 850 g/mol. The van der Waals surface area contributed by atoms with Gasteiger partial charge in [0.05, 0.1) is 43.3 Å². The molecule has 0 aromatic heterocycles. The molecule has 16 nitrogen and oxygen atoms in total. The third kappa shape index (κ3) is 10.8.